The van der Waals surface area contributed by atoms with E-state index in [1.54, 1.807) is 13.4 Å². The molecule has 5 rings (SSSR count). The van der Waals surface area contributed by atoms with E-state index in [9.17, 15) is 0 Å². The molecule has 0 spiro atoms. The highest BCUT2D eigenvalue weighted by Crippen LogP contribution is 2.43. The number of piperidine rings is 1. The van der Waals surface area contributed by atoms with Gasteiger partial charge in [0.2, 0.25) is 0 Å². The van der Waals surface area contributed by atoms with Crippen LogP contribution in [-0.2, 0) is 6.54 Å². The zero-order valence-electron chi connectivity index (χ0n) is 16.0. The Labute approximate surface area is 165 Å². The average molecular weight is 372 g/mol. The van der Waals surface area contributed by atoms with Gasteiger partial charge in [0.1, 0.15) is 12.1 Å². The van der Waals surface area contributed by atoms with Crippen molar-refractivity contribution in [3.63, 3.8) is 0 Å². The summed E-state index contributed by atoms with van der Waals surface area (Å²) in [5.74, 6) is 1.48. The summed E-state index contributed by atoms with van der Waals surface area (Å²) in [7, 11) is 1.70. The van der Waals surface area contributed by atoms with Gasteiger partial charge in [-0.05, 0) is 28.8 Å². The molecule has 3 heterocycles. The second kappa shape index (κ2) is 7.34. The summed E-state index contributed by atoms with van der Waals surface area (Å²) in [6, 6.07) is 18.4. The Kier molecular flexibility index (Phi) is 4.55. The maximum Gasteiger partial charge on any atom is 0.118 e. The Bertz CT molecular complexity index is 915. The number of likely N-dealkylation sites (tertiary alicyclic amines) is 1. The third-order valence-electron chi connectivity index (χ3n) is 6.09. The molecule has 0 radical (unpaired) electrons. The first-order valence-corrected chi connectivity index (χ1v) is 9.78. The number of hydrogen-bond acceptors (Lipinski definition) is 5. The zero-order valence-corrected chi connectivity index (χ0v) is 16.0. The van der Waals surface area contributed by atoms with E-state index in [4.69, 9.17) is 4.74 Å². The lowest BCUT2D eigenvalue weighted by atomic mass is 9.72. The monoisotopic (exact) mass is 372 g/mol. The van der Waals surface area contributed by atoms with Crippen molar-refractivity contribution >= 4 is 0 Å². The van der Waals surface area contributed by atoms with Crippen LogP contribution >= 0.6 is 0 Å². The van der Waals surface area contributed by atoms with E-state index in [-0.39, 0.29) is 0 Å². The van der Waals surface area contributed by atoms with Crippen molar-refractivity contribution in [1.82, 2.24) is 20.2 Å². The molecular weight excluding hydrogens is 348 g/mol. The predicted octanol–water partition coefficient (Wildman–Crippen LogP) is 3.09. The van der Waals surface area contributed by atoms with Crippen LogP contribution in [0.1, 0.15) is 17.0 Å². The Morgan fingerprint density at radius 2 is 1.54 bits per heavy atom. The van der Waals surface area contributed by atoms with Crippen molar-refractivity contribution in [1.29, 1.82) is 0 Å². The lowest BCUT2D eigenvalue weighted by molar-refractivity contribution is -0.0484. The number of nitrogens with zero attached hydrogens (tertiary/aromatic N) is 3. The number of piperazine rings is 1. The molecule has 1 aromatic heterocycles. The molecular formula is C23H24N4O. The lowest BCUT2D eigenvalue weighted by Crippen LogP contribution is -2.72. The molecule has 1 unspecified atom stereocenters. The van der Waals surface area contributed by atoms with Gasteiger partial charge in [0.15, 0.2) is 0 Å². The molecule has 2 fully saturated rings. The van der Waals surface area contributed by atoms with Crippen molar-refractivity contribution < 1.29 is 4.74 Å². The first-order valence-electron chi connectivity index (χ1n) is 9.78. The van der Waals surface area contributed by atoms with Gasteiger partial charge in [0.05, 0.1) is 7.11 Å². The van der Waals surface area contributed by atoms with Crippen molar-refractivity contribution in [3.8, 4) is 16.9 Å². The third-order valence-corrected chi connectivity index (χ3v) is 6.09. The minimum absolute atomic E-state index is 0.533. The first-order chi connectivity index (χ1) is 13.8. The maximum atomic E-state index is 5.25. The number of methoxy groups -OCH3 is 1. The molecule has 2 saturated heterocycles. The second-order valence-electron chi connectivity index (χ2n) is 7.59. The lowest BCUT2D eigenvalue weighted by Gasteiger charge is -2.59. The summed E-state index contributed by atoms with van der Waals surface area (Å²) in [6.45, 7) is 3.00. The van der Waals surface area contributed by atoms with Crippen molar-refractivity contribution in [2.45, 2.75) is 24.5 Å². The maximum absolute atomic E-state index is 5.25. The molecule has 2 aliphatic rings. The van der Waals surface area contributed by atoms with Crippen molar-refractivity contribution in [3.05, 3.63) is 78.4 Å². The van der Waals surface area contributed by atoms with Crippen LogP contribution in [0.25, 0.3) is 11.1 Å². The average Bonchev–Trinajstić information content (AvgIpc) is 2.78. The quantitative estimate of drug-likeness (QED) is 0.746. The number of benzene rings is 2. The largest absolute Gasteiger partial charge is 0.497 e. The van der Waals surface area contributed by atoms with E-state index >= 15 is 0 Å². The number of fused-ring (bicyclic) bond motifs is 2. The van der Waals surface area contributed by atoms with Crippen LogP contribution in [0.4, 0.5) is 0 Å². The summed E-state index contributed by atoms with van der Waals surface area (Å²) in [5, 5.41) is 3.56. The van der Waals surface area contributed by atoms with Crippen LogP contribution in [0.2, 0.25) is 0 Å². The molecule has 0 aliphatic carbocycles. The Morgan fingerprint density at radius 1 is 0.929 bits per heavy atom. The Hall–Kier alpha value is -2.76. The highest BCUT2D eigenvalue weighted by atomic mass is 16.5. The third kappa shape index (κ3) is 3.07. The van der Waals surface area contributed by atoms with Crippen LogP contribution in [0.15, 0.2) is 67.3 Å². The smallest absolute Gasteiger partial charge is 0.118 e. The van der Waals surface area contributed by atoms with Gasteiger partial charge in [0.25, 0.3) is 0 Å². The SMILES string of the molecule is COc1ccc(-c2ccc(C3[C@H]4CNC[C@@H]3N4Cc3cncnc3)cc2)cc1. The van der Waals surface area contributed by atoms with Crippen LogP contribution in [-0.4, -0.2) is 47.2 Å². The van der Waals surface area contributed by atoms with Crippen LogP contribution in [0.5, 0.6) is 5.75 Å². The molecule has 5 nitrogen and oxygen atoms in total. The summed E-state index contributed by atoms with van der Waals surface area (Å²) < 4.78 is 5.25. The number of rotatable bonds is 5. The number of aromatic nitrogens is 2. The molecule has 2 aromatic carbocycles. The van der Waals surface area contributed by atoms with Gasteiger partial charge < -0.3 is 10.1 Å². The summed E-state index contributed by atoms with van der Waals surface area (Å²) in [6.07, 6.45) is 5.44. The highest BCUT2D eigenvalue weighted by molar-refractivity contribution is 5.64. The van der Waals surface area contributed by atoms with Crippen LogP contribution in [0, 0.1) is 0 Å². The van der Waals surface area contributed by atoms with Gasteiger partial charge in [-0.25, -0.2) is 9.97 Å². The molecule has 2 bridgehead atoms. The Morgan fingerprint density at radius 3 is 2.14 bits per heavy atom. The van der Waals surface area contributed by atoms with E-state index in [2.05, 4.69) is 56.6 Å². The molecule has 3 aromatic rings. The van der Waals surface area contributed by atoms with E-state index in [0.29, 0.717) is 18.0 Å². The summed E-state index contributed by atoms with van der Waals surface area (Å²) >= 11 is 0. The minimum atomic E-state index is 0.533. The molecule has 3 atom stereocenters. The van der Waals surface area contributed by atoms with Crippen molar-refractivity contribution in [2.24, 2.45) is 0 Å². The number of hydrogen-bond donors (Lipinski definition) is 1. The summed E-state index contributed by atoms with van der Waals surface area (Å²) in [4.78, 5) is 10.9. The van der Waals surface area contributed by atoms with E-state index in [0.717, 1.165) is 25.4 Å². The topological polar surface area (TPSA) is 50.3 Å². The first kappa shape index (κ1) is 17.3. The predicted molar refractivity (Wildman–Crippen MR) is 109 cm³/mol. The van der Waals surface area contributed by atoms with Gasteiger partial charge in [-0.2, -0.15) is 0 Å². The zero-order chi connectivity index (χ0) is 18.9. The summed E-state index contributed by atoms with van der Waals surface area (Å²) in [5.41, 5.74) is 5.09. The fourth-order valence-electron chi connectivity index (χ4n) is 4.66. The molecule has 0 amide bonds. The fraction of sp³-hybridized carbons (Fsp3) is 0.304. The highest BCUT2D eigenvalue weighted by Gasteiger charge is 2.50. The Balaban J connectivity index is 1.32. The van der Waals surface area contributed by atoms with Crippen LogP contribution < -0.4 is 10.1 Å². The van der Waals surface area contributed by atoms with E-state index in [1.807, 2.05) is 24.5 Å². The minimum Gasteiger partial charge on any atom is -0.497 e. The number of nitrogens with one attached hydrogen (secondary N) is 1. The molecule has 0 saturated carbocycles. The normalized spacial score (nSPS) is 23.8. The molecule has 5 heteroatoms. The van der Waals surface area contributed by atoms with Gasteiger partial charge in [-0.3, -0.25) is 4.90 Å². The van der Waals surface area contributed by atoms with E-state index < -0.39 is 0 Å². The van der Waals surface area contributed by atoms with Gasteiger partial charge in [-0.1, -0.05) is 36.4 Å². The van der Waals surface area contributed by atoms with Crippen molar-refractivity contribution in [2.75, 3.05) is 20.2 Å². The fourth-order valence-corrected chi connectivity index (χ4v) is 4.66. The molecule has 142 valence electrons. The number of ether oxygens (including phenoxy) is 1. The van der Waals surface area contributed by atoms with Gasteiger partial charge >= 0.3 is 0 Å². The standard InChI is InChI=1S/C23H24N4O/c1-28-20-8-6-18(7-9-20)17-2-4-19(5-3-17)23-21-12-24-13-22(23)27(21)14-16-10-25-15-26-11-16/h2-11,15,21-24H,12-14H2,1H3/t21-,22+,23?. The van der Waals surface area contributed by atoms with Crippen LogP contribution in [0.3, 0.4) is 0 Å². The van der Waals surface area contributed by atoms with Gasteiger partial charge in [0, 0.05) is 55.6 Å². The van der Waals surface area contributed by atoms with Gasteiger partial charge in [-0.15, -0.1) is 0 Å². The molecule has 28 heavy (non-hydrogen) atoms. The second-order valence-corrected chi connectivity index (χ2v) is 7.59. The van der Waals surface area contributed by atoms with E-state index in [1.165, 1.54) is 22.3 Å². The molecule has 1 N–H and O–H groups in total. The molecule has 2 aliphatic heterocycles.